The Morgan fingerprint density at radius 1 is 0.311 bits per heavy atom. The van der Waals surface area contributed by atoms with E-state index in [1.54, 1.807) is 0 Å². The summed E-state index contributed by atoms with van der Waals surface area (Å²) in [6.07, 6.45) is 0. The lowest BCUT2D eigenvalue weighted by atomic mass is 9.97. The van der Waals surface area contributed by atoms with E-state index in [4.69, 9.17) is 4.42 Å². The van der Waals surface area contributed by atoms with E-state index in [0.717, 1.165) is 50.1 Å². The first-order valence-corrected chi connectivity index (χ1v) is 22.9. The van der Waals surface area contributed by atoms with Crippen molar-refractivity contribution in [2.45, 2.75) is 0 Å². The standard InChI is InChI=1S/C58H41NOSi/c1-5-18-43(19-6-1)53-30-16-32-55-57(53)58-54(31-17-33-56(58)60-55)59(45-36-34-44(35-37-45)52-29-15-21-42-20-13-14-28-51(42)52)46-38-40-50(41-39-46)61(47-22-7-2-8-23-47,48-24-9-3-10-25-48)49-26-11-4-12-27-49/h1-41H. The van der Waals surface area contributed by atoms with Gasteiger partial charge in [-0.1, -0.05) is 206 Å². The van der Waals surface area contributed by atoms with E-state index in [1.165, 1.54) is 42.6 Å². The van der Waals surface area contributed by atoms with Gasteiger partial charge in [0.2, 0.25) is 0 Å². The zero-order valence-electron chi connectivity index (χ0n) is 33.5. The Bertz CT molecular complexity index is 3170. The molecule has 0 atom stereocenters. The normalized spacial score (nSPS) is 11.6. The molecule has 0 aliphatic rings. The molecule has 1 heterocycles. The first-order valence-electron chi connectivity index (χ1n) is 20.9. The van der Waals surface area contributed by atoms with Gasteiger partial charge in [-0.15, -0.1) is 0 Å². The predicted octanol–water partition coefficient (Wildman–Crippen LogP) is 12.9. The summed E-state index contributed by atoms with van der Waals surface area (Å²) in [6.45, 7) is 0. The van der Waals surface area contributed by atoms with Crippen molar-refractivity contribution in [3.8, 4) is 22.3 Å². The van der Waals surface area contributed by atoms with Gasteiger partial charge in [-0.2, -0.15) is 0 Å². The van der Waals surface area contributed by atoms with Crippen LogP contribution in [0.15, 0.2) is 253 Å². The second-order valence-electron chi connectivity index (χ2n) is 15.6. The molecule has 2 nitrogen and oxygen atoms in total. The molecule has 11 aromatic rings. The van der Waals surface area contributed by atoms with Gasteiger partial charge in [0.25, 0.3) is 0 Å². The molecule has 288 valence electrons. The molecule has 0 unspecified atom stereocenters. The number of hydrogen-bond acceptors (Lipinski definition) is 2. The second kappa shape index (κ2) is 15.5. The van der Waals surface area contributed by atoms with Gasteiger partial charge in [0.1, 0.15) is 11.2 Å². The zero-order valence-corrected chi connectivity index (χ0v) is 34.5. The van der Waals surface area contributed by atoms with Crippen LogP contribution in [0, 0.1) is 0 Å². The topological polar surface area (TPSA) is 16.4 Å². The molecular weight excluding hydrogens is 755 g/mol. The van der Waals surface area contributed by atoms with Crippen molar-refractivity contribution in [2.24, 2.45) is 0 Å². The van der Waals surface area contributed by atoms with Crippen molar-refractivity contribution in [3.05, 3.63) is 249 Å². The van der Waals surface area contributed by atoms with Crippen LogP contribution in [-0.4, -0.2) is 8.07 Å². The molecule has 61 heavy (non-hydrogen) atoms. The minimum Gasteiger partial charge on any atom is -0.456 e. The highest BCUT2D eigenvalue weighted by Crippen LogP contribution is 2.46. The van der Waals surface area contributed by atoms with Gasteiger partial charge in [-0.05, 0) is 96.2 Å². The third-order valence-corrected chi connectivity index (χ3v) is 17.0. The molecule has 0 saturated carbocycles. The van der Waals surface area contributed by atoms with Gasteiger partial charge in [0, 0.05) is 16.8 Å². The average molecular weight is 796 g/mol. The smallest absolute Gasteiger partial charge is 0.179 e. The Kier molecular flexibility index (Phi) is 9.22. The maximum absolute atomic E-state index is 6.68. The molecule has 0 aliphatic heterocycles. The third kappa shape index (κ3) is 6.26. The highest BCUT2D eigenvalue weighted by Gasteiger charge is 2.41. The Labute approximate surface area is 357 Å². The number of benzene rings is 10. The quantitative estimate of drug-likeness (QED) is 0.107. The first-order chi connectivity index (χ1) is 30.3. The van der Waals surface area contributed by atoms with Crippen LogP contribution in [0.3, 0.4) is 0 Å². The van der Waals surface area contributed by atoms with Crippen LogP contribution in [0.5, 0.6) is 0 Å². The summed E-state index contributed by atoms with van der Waals surface area (Å²) >= 11 is 0. The maximum Gasteiger partial charge on any atom is 0.179 e. The number of nitrogens with zero attached hydrogens (tertiary/aromatic N) is 1. The van der Waals surface area contributed by atoms with Crippen molar-refractivity contribution in [1.29, 1.82) is 0 Å². The van der Waals surface area contributed by atoms with Gasteiger partial charge in [0.05, 0.1) is 11.1 Å². The Hall–Kier alpha value is -7.72. The molecule has 11 rings (SSSR count). The number of fused-ring (bicyclic) bond motifs is 4. The van der Waals surface area contributed by atoms with Crippen LogP contribution in [0.1, 0.15) is 0 Å². The number of furan rings is 1. The van der Waals surface area contributed by atoms with E-state index in [2.05, 4.69) is 254 Å². The van der Waals surface area contributed by atoms with Crippen LogP contribution in [-0.2, 0) is 0 Å². The molecule has 10 aromatic carbocycles. The Morgan fingerprint density at radius 2 is 0.754 bits per heavy atom. The molecular formula is C58H41NOSi. The fraction of sp³-hybridized carbons (Fsp3) is 0. The van der Waals surface area contributed by atoms with E-state index in [1.807, 2.05) is 0 Å². The summed E-state index contributed by atoms with van der Waals surface area (Å²) in [5.41, 5.74) is 9.62. The van der Waals surface area contributed by atoms with Crippen LogP contribution in [0.2, 0.25) is 0 Å². The van der Waals surface area contributed by atoms with Gasteiger partial charge in [0.15, 0.2) is 8.07 Å². The first kappa shape index (κ1) is 36.4. The number of anilines is 3. The van der Waals surface area contributed by atoms with Crippen molar-refractivity contribution in [1.82, 2.24) is 0 Å². The van der Waals surface area contributed by atoms with Crippen molar-refractivity contribution in [2.75, 3.05) is 4.90 Å². The lowest BCUT2D eigenvalue weighted by Crippen LogP contribution is -2.74. The monoisotopic (exact) mass is 795 g/mol. The van der Waals surface area contributed by atoms with Crippen LogP contribution < -0.4 is 25.6 Å². The van der Waals surface area contributed by atoms with E-state index < -0.39 is 8.07 Å². The average Bonchev–Trinajstić information content (AvgIpc) is 3.74. The fourth-order valence-electron chi connectivity index (χ4n) is 9.51. The molecule has 0 amide bonds. The SMILES string of the molecule is c1ccc(-c2cccc3oc4cccc(N(c5ccc(-c6cccc7ccccc67)cc5)c5ccc([Si](c6ccccc6)(c6ccccc6)c6ccccc6)cc5)c4c23)cc1. The Balaban J connectivity index is 1.14. The summed E-state index contributed by atoms with van der Waals surface area (Å²) < 4.78 is 6.68. The Morgan fingerprint density at radius 3 is 1.38 bits per heavy atom. The number of hydrogen-bond donors (Lipinski definition) is 0. The summed E-state index contributed by atoms with van der Waals surface area (Å²) in [7, 11) is -2.73. The molecule has 0 N–H and O–H groups in total. The largest absolute Gasteiger partial charge is 0.456 e. The molecule has 0 bridgehead atoms. The second-order valence-corrected chi connectivity index (χ2v) is 19.4. The van der Waals surface area contributed by atoms with Crippen LogP contribution in [0.25, 0.3) is 55.0 Å². The minimum absolute atomic E-state index is 0.855. The summed E-state index contributed by atoms with van der Waals surface area (Å²) in [6, 6.07) is 90.5. The molecule has 0 fully saturated rings. The van der Waals surface area contributed by atoms with Gasteiger partial charge < -0.3 is 9.32 Å². The van der Waals surface area contributed by atoms with E-state index >= 15 is 0 Å². The van der Waals surface area contributed by atoms with Crippen molar-refractivity contribution >= 4 is 78.6 Å². The predicted molar refractivity (Wildman–Crippen MR) is 260 cm³/mol. The third-order valence-electron chi connectivity index (χ3n) is 12.2. The molecule has 0 spiro atoms. The fourth-order valence-corrected chi connectivity index (χ4v) is 14.3. The van der Waals surface area contributed by atoms with E-state index in [0.29, 0.717) is 0 Å². The number of rotatable bonds is 9. The van der Waals surface area contributed by atoms with Crippen molar-refractivity contribution in [3.63, 3.8) is 0 Å². The van der Waals surface area contributed by atoms with Crippen molar-refractivity contribution < 1.29 is 4.42 Å². The highest BCUT2D eigenvalue weighted by molar-refractivity contribution is 7.19. The zero-order chi connectivity index (χ0) is 40.6. The molecule has 0 saturated heterocycles. The lowest BCUT2D eigenvalue weighted by molar-refractivity contribution is 0.669. The molecule has 0 radical (unpaired) electrons. The molecule has 1 aromatic heterocycles. The van der Waals surface area contributed by atoms with Gasteiger partial charge in [-0.25, -0.2) is 0 Å². The highest BCUT2D eigenvalue weighted by atomic mass is 28.3. The molecule has 0 aliphatic carbocycles. The summed E-state index contributed by atoms with van der Waals surface area (Å²) in [5.74, 6) is 0. The van der Waals surface area contributed by atoms with Gasteiger partial charge >= 0.3 is 0 Å². The maximum atomic E-state index is 6.68. The minimum atomic E-state index is -2.73. The van der Waals surface area contributed by atoms with E-state index in [9.17, 15) is 0 Å². The summed E-state index contributed by atoms with van der Waals surface area (Å²) in [5, 5.41) is 10.1. The van der Waals surface area contributed by atoms with Crippen LogP contribution in [0.4, 0.5) is 17.1 Å². The summed E-state index contributed by atoms with van der Waals surface area (Å²) in [4.78, 5) is 2.41. The van der Waals surface area contributed by atoms with Crippen LogP contribution >= 0.6 is 0 Å². The molecule has 3 heteroatoms. The van der Waals surface area contributed by atoms with Gasteiger partial charge in [-0.3, -0.25) is 0 Å². The van der Waals surface area contributed by atoms with E-state index in [-0.39, 0.29) is 0 Å². The lowest BCUT2D eigenvalue weighted by Gasteiger charge is -2.35.